The van der Waals surface area contributed by atoms with Crippen molar-refractivity contribution in [1.29, 1.82) is 0 Å². The number of pyridine rings is 1. The summed E-state index contributed by atoms with van der Waals surface area (Å²) in [6.45, 7) is 2.54. The van der Waals surface area contributed by atoms with E-state index >= 15 is 0 Å². The molecule has 0 aliphatic rings. The second-order valence-corrected chi connectivity index (χ2v) is 2.99. The SMILES string of the molecule is CNCCC#Cc1cnc(F)c(C)c1. The van der Waals surface area contributed by atoms with Crippen LogP contribution >= 0.6 is 0 Å². The van der Waals surface area contributed by atoms with Crippen molar-refractivity contribution in [3.63, 3.8) is 0 Å². The lowest BCUT2D eigenvalue weighted by Crippen LogP contribution is -2.05. The largest absolute Gasteiger partial charge is 0.319 e. The molecule has 14 heavy (non-hydrogen) atoms. The van der Waals surface area contributed by atoms with Crippen LogP contribution in [0.4, 0.5) is 4.39 Å². The van der Waals surface area contributed by atoms with Crippen molar-refractivity contribution in [2.45, 2.75) is 13.3 Å². The van der Waals surface area contributed by atoms with Crippen molar-refractivity contribution in [1.82, 2.24) is 10.3 Å². The average Bonchev–Trinajstić information content (AvgIpc) is 2.18. The van der Waals surface area contributed by atoms with Gasteiger partial charge in [0.05, 0.1) is 0 Å². The maximum Gasteiger partial charge on any atom is 0.215 e. The van der Waals surface area contributed by atoms with Gasteiger partial charge in [0.15, 0.2) is 0 Å². The van der Waals surface area contributed by atoms with Gasteiger partial charge in [-0.2, -0.15) is 4.39 Å². The van der Waals surface area contributed by atoms with Crippen LogP contribution in [0.25, 0.3) is 0 Å². The number of rotatable bonds is 2. The average molecular weight is 192 g/mol. The molecular formula is C11H13FN2. The van der Waals surface area contributed by atoms with Crippen LogP contribution in [0.15, 0.2) is 12.3 Å². The van der Waals surface area contributed by atoms with Crippen molar-refractivity contribution >= 4 is 0 Å². The monoisotopic (exact) mass is 192 g/mol. The third-order valence-electron chi connectivity index (χ3n) is 1.75. The van der Waals surface area contributed by atoms with E-state index in [1.54, 1.807) is 13.0 Å². The summed E-state index contributed by atoms with van der Waals surface area (Å²) in [7, 11) is 1.88. The highest BCUT2D eigenvalue weighted by Gasteiger charge is 1.97. The van der Waals surface area contributed by atoms with Gasteiger partial charge in [0.2, 0.25) is 5.95 Å². The molecule has 1 aromatic rings. The van der Waals surface area contributed by atoms with E-state index in [-0.39, 0.29) is 0 Å². The zero-order valence-electron chi connectivity index (χ0n) is 8.39. The van der Waals surface area contributed by atoms with Gasteiger partial charge in [0.1, 0.15) is 0 Å². The van der Waals surface area contributed by atoms with Gasteiger partial charge in [-0.25, -0.2) is 4.98 Å². The molecular weight excluding hydrogens is 179 g/mol. The molecule has 1 rings (SSSR count). The number of nitrogens with one attached hydrogen (secondary N) is 1. The fourth-order valence-electron chi connectivity index (χ4n) is 0.979. The Labute approximate surface area is 83.6 Å². The van der Waals surface area contributed by atoms with Gasteiger partial charge in [-0.1, -0.05) is 11.8 Å². The summed E-state index contributed by atoms with van der Waals surface area (Å²) in [6.07, 6.45) is 2.24. The highest BCUT2D eigenvalue weighted by molar-refractivity contribution is 5.34. The molecule has 0 bridgehead atoms. The first-order valence-electron chi connectivity index (χ1n) is 4.49. The van der Waals surface area contributed by atoms with Crippen molar-refractivity contribution in [3.8, 4) is 11.8 Å². The number of aromatic nitrogens is 1. The van der Waals surface area contributed by atoms with Crippen LogP contribution in [-0.4, -0.2) is 18.6 Å². The first-order chi connectivity index (χ1) is 6.74. The van der Waals surface area contributed by atoms with Gasteiger partial charge in [0, 0.05) is 30.3 Å². The summed E-state index contributed by atoms with van der Waals surface area (Å²) in [5.41, 5.74) is 1.30. The quantitative estimate of drug-likeness (QED) is 0.436. The lowest BCUT2D eigenvalue weighted by Gasteiger charge is -1.94. The van der Waals surface area contributed by atoms with Gasteiger partial charge in [-0.15, -0.1) is 0 Å². The number of halogens is 1. The molecule has 0 atom stereocenters. The summed E-state index contributed by atoms with van der Waals surface area (Å²) in [5, 5.41) is 3.00. The summed E-state index contributed by atoms with van der Waals surface area (Å²) in [6, 6.07) is 1.70. The molecule has 1 heterocycles. The summed E-state index contributed by atoms with van der Waals surface area (Å²) in [5.74, 6) is 5.48. The molecule has 1 aromatic heterocycles. The van der Waals surface area contributed by atoms with E-state index in [2.05, 4.69) is 22.1 Å². The Morgan fingerprint density at radius 1 is 1.57 bits per heavy atom. The summed E-state index contributed by atoms with van der Waals surface area (Å²) < 4.78 is 12.8. The zero-order chi connectivity index (χ0) is 10.4. The molecule has 74 valence electrons. The van der Waals surface area contributed by atoms with Gasteiger partial charge >= 0.3 is 0 Å². The lowest BCUT2D eigenvalue weighted by atomic mass is 10.2. The third-order valence-corrected chi connectivity index (χ3v) is 1.75. The van der Waals surface area contributed by atoms with Gasteiger partial charge in [-0.05, 0) is 20.0 Å². The molecule has 0 aliphatic heterocycles. The van der Waals surface area contributed by atoms with E-state index in [0.717, 1.165) is 18.5 Å². The Kier molecular flexibility index (Phi) is 4.09. The lowest BCUT2D eigenvalue weighted by molar-refractivity contribution is 0.574. The molecule has 0 aliphatic carbocycles. The smallest absolute Gasteiger partial charge is 0.215 e. The van der Waals surface area contributed by atoms with Crippen LogP contribution in [0, 0.1) is 24.7 Å². The minimum Gasteiger partial charge on any atom is -0.319 e. The van der Waals surface area contributed by atoms with Crippen molar-refractivity contribution in [3.05, 3.63) is 29.3 Å². The van der Waals surface area contributed by atoms with Gasteiger partial charge in [-0.3, -0.25) is 0 Å². The molecule has 0 aromatic carbocycles. The first kappa shape index (κ1) is 10.7. The van der Waals surface area contributed by atoms with Crippen LogP contribution in [0.3, 0.4) is 0 Å². The molecule has 1 N–H and O–H groups in total. The highest BCUT2D eigenvalue weighted by atomic mass is 19.1. The van der Waals surface area contributed by atoms with E-state index in [9.17, 15) is 4.39 Å². The topological polar surface area (TPSA) is 24.9 Å². The predicted molar refractivity (Wildman–Crippen MR) is 54.4 cm³/mol. The maximum atomic E-state index is 12.8. The zero-order valence-corrected chi connectivity index (χ0v) is 8.39. The fourth-order valence-corrected chi connectivity index (χ4v) is 0.979. The first-order valence-corrected chi connectivity index (χ1v) is 4.49. The van der Waals surface area contributed by atoms with E-state index in [1.165, 1.54) is 6.20 Å². The summed E-state index contributed by atoms with van der Waals surface area (Å²) >= 11 is 0. The van der Waals surface area contributed by atoms with Crippen LogP contribution in [0.2, 0.25) is 0 Å². The highest BCUT2D eigenvalue weighted by Crippen LogP contribution is 2.04. The van der Waals surface area contributed by atoms with Crippen LogP contribution in [-0.2, 0) is 0 Å². The molecule has 2 nitrogen and oxygen atoms in total. The Hall–Kier alpha value is -1.40. The van der Waals surface area contributed by atoms with Crippen LogP contribution in [0.1, 0.15) is 17.5 Å². The maximum absolute atomic E-state index is 12.8. The molecule has 0 radical (unpaired) electrons. The molecule has 0 amide bonds. The molecule has 0 unspecified atom stereocenters. The minimum atomic E-state index is -0.425. The normalized spacial score (nSPS) is 9.36. The van der Waals surface area contributed by atoms with Gasteiger partial charge < -0.3 is 5.32 Å². The third kappa shape index (κ3) is 3.15. The van der Waals surface area contributed by atoms with Crippen LogP contribution < -0.4 is 5.32 Å². The van der Waals surface area contributed by atoms with Crippen molar-refractivity contribution in [2.24, 2.45) is 0 Å². The molecule has 0 saturated carbocycles. The number of hydrogen-bond donors (Lipinski definition) is 1. The van der Waals surface area contributed by atoms with E-state index in [4.69, 9.17) is 0 Å². The predicted octanol–water partition coefficient (Wildman–Crippen LogP) is 1.49. The van der Waals surface area contributed by atoms with E-state index < -0.39 is 5.95 Å². The molecule has 0 spiro atoms. The van der Waals surface area contributed by atoms with Crippen molar-refractivity contribution in [2.75, 3.05) is 13.6 Å². The Morgan fingerprint density at radius 2 is 2.36 bits per heavy atom. The van der Waals surface area contributed by atoms with Gasteiger partial charge in [0.25, 0.3) is 0 Å². The fraction of sp³-hybridized carbons (Fsp3) is 0.364. The second kappa shape index (κ2) is 5.36. The number of nitrogens with zero attached hydrogens (tertiary/aromatic N) is 1. The molecule has 3 heteroatoms. The Balaban J connectivity index is 2.66. The van der Waals surface area contributed by atoms with Crippen LogP contribution in [0.5, 0.6) is 0 Å². The van der Waals surface area contributed by atoms with Crippen molar-refractivity contribution < 1.29 is 4.39 Å². The Bertz CT molecular complexity index is 363. The Morgan fingerprint density at radius 3 is 3.00 bits per heavy atom. The van der Waals surface area contributed by atoms with E-state index in [1.807, 2.05) is 7.05 Å². The molecule has 0 saturated heterocycles. The van der Waals surface area contributed by atoms with E-state index in [0.29, 0.717) is 5.56 Å². The summed E-state index contributed by atoms with van der Waals surface area (Å²) in [4.78, 5) is 3.59. The molecule has 0 fully saturated rings. The second-order valence-electron chi connectivity index (χ2n) is 2.99. The number of aryl methyl sites for hydroxylation is 1. The standard InChI is InChI=1S/C11H13FN2/c1-9-7-10(8-14-11(9)12)5-3-4-6-13-2/h7-8,13H,4,6H2,1-2H3. The number of hydrogen-bond acceptors (Lipinski definition) is 2. The minimum absolute atomic E-state index is 0.425.